The molecule has 0 aliphatic rings. The van der Waals surface area contributed by atoms with Gasteiger partial charge in [0.15, 0.2) is 0 Å². The van der Waals surface area contributed by atoms with Crippen LogP contribution in [-0.4, -0.2) is 24.4 Å². The largest absolute Gasteiger partial charge is 0.354 e. The highest BCUT2D eigenvalue weighted by molar-refractivity contribution is 5.97. The quantitative estimate of drug-likeness (QED) is 0.775. The van der Waals surface area contributed by atoms with E-state index in [0.717, 1.165) is 12.8 Å². The van der Waals surface area contributed by atoms with E-state index in [0.29, 0.717) is 18.0 Å². The first-order chi connectivity index (χ1) is 10.5. The van der Waals surface area contributed by atoms with Crippen molar-refractivity contribution in [2.45, 2.75) is 46.6 Å². The van der Waals surface area contributed by atoms with Crippen LogP contribution in [0.3, 0.4) is 0 Å². The zero-order valence-corrected chi connectivity index (χ0v) is 14.1. The molecule has 1 rings (SSSR count). The van der Waals surface area contributed by atoms with Gasteiger partial charge in [-0.15, -0.1) is 0 Å². The molecule has 0 saturated heterocycles. The highest BCUT2D eigenvalue weighted by Gasteiger charge is 2.25. The molecule has 0 radical (unpaired) electrons. The molecule has 0 aliphatic carbocycles. The van der Waals surface area contributed by atoms with Crippen molar-refractivity contribution in [3.05, 3.63) is 35.9 Å². The lowest BCUT2D eigenvalue weighted by molar-refractivity contribution is -0.124. The molecule has 1 aromatic rings. The Labute approximate surface area is 133 Å². The molecule has 2 amide bonds. The van der Waals surface area contributed by atoms with Crippen LogP contribution >= 0.6 is 0 Å². The lowest BCUT2D eigenvalue weighted by atomic mass is 9.97. The van der Waals surface area contributed by atoms with Gasteiger partial charge in [-0.3, -0.25) is 9.59 Å². The molecule has 22 heavy (non-hydrogen) atoms. The molecule has 0 bridgehead atoms. The van der Waals surface area contributed by atoms with E-state index < -0.39 is 6.04 Å². The molecule has 0 aromatic heterocycles. The van der Waals surface area contributed by atoms with Crippen LogP contribution in [0, 0.1) is 11.8 Å². The van der Waals surface area contributed by atoms with Gasteiger partial charge in [0.25, 0.3) is 5.91 Å². The Kier molecular flexibility index (Phi) is 7.64. The number of carbonyl (C=O) groups is 2. The van der Waals surface area contributed by atoms with Gasteiger partial charge in [-0.25, -0.2) is 0 Å². The topological polar surface area (TPSA) is 58.2 Å². The highest BCUT2D eigenvalue weighted by Crippen LogP contribution is 2.10. The maximum atomic E-state index is 12.4. The van der Waals surface area contributed by atoms with E-state index in [2.05, 4.69) is 24.5 Å². The van der Waals surface area contributed by atoms with Gasteiger partial charge in [0.05, 0.1) is 0 Å². The number of amides is 2. The Morgan fingerprint density at radius 1 is 1.09 bits per heavy atom. The van der Waals surface area contributed by atoms with E-state index in [1.165, 1.54) is 0 Å². The highest BCUT2D eigenvalue weighted by atomic mass is 16.2. The number of benzene rings is 1. The van der Waals surface area contributed by atoms with Gasteiger partial charge in [-0.1, -0.05) is 52.3 Å². The second kappa shape index (κ2) is 9.23. The predicted octanol–water partition coefficient (Wildman–Crippen LogP) is 2.99. The van der Waals surface area contributed by atoms with Gasteiger partial charge < -0.3 is 10.6 Å². The fraction of sp³-hybridized carbons (Fsp3) is 0.556. The van der Waals surface area contributed by atoms with Crippen LogP contribution in [0.25, 0.3) is 0 Å². The van der Waals surface area contributed by atoms with Crippen LogP contribution in [0.2, 0.25) is 0 Å². The minimum absolute atomic E-state index is 0.0895. The summed E-state index contributed by atoms with van der Waals surface area (Å²) in [7, 11) is 0. The molecule has 4 nitrogen and oxygen atoms in total. The predicted molar refractivity (Wildman–Crippen MR) is 89.6 cm³/mol. The van der Waals surface area contributed by atoms with Crippen molar-refractivity contribution in [1.82, 2.24) is 10.6 Å². The molecule has 0 spiro atoms. The number of carbonyl (C=O) groups excluding carboxylic acids is 2. The average Bonchev–Trinajstić information content (AvgIpc) is 2.51. The van der Waals surface area contributed by atoms with Crippen LogP contribution in [0.1, 0.15) is 50.9 Å². The van der Waals surface area contributed by atoms with E-state index in [1.54, 1.807) is 12.1 Å². The summed E-state index contributed by atoms with van der Waals surface area (Å²) in [6.07, 6.45) is 1.77. The Balaban J connectivity index is 2.68. The summed E-state index contributed by atoms with van der Waals surface area (Å²) < 4.78 is 0. The lowest BCUT2D eigenvalue weighted by Gasteiger charge is -2.23. The van der Waals surface area contributed by atoms with Gasteiger partial charge in [-0.2, -0.15) is 0 Å². The van der Waals surface area contributed by atoms with Gasteiger partial charge in [-0.05, 0) is 30.4 Å². The van der Waals surface area contributed by atoms with E-state index in [9.17, 15) is 9.59 Å². The molecule has 0 aliphatic heterocycles. The van der Waals surface area contributed by atoms with Crippen molar-refractivity contribution in [2.24, 2.45) is 11.8 Å². The smallest absolute Gasteiger partial charge is 0.251 e. The third-order valence-corrected chi connectivity index (χ3v) is 3.84. The van der Waals surface area contributed by atoms with Crippen molar-refractivity contribution in [3.63, 3.8) is 0 Å². The van der Waals surface area contributed by atoms with Crippen molar-refractivity contribution >= 4 is 11.8 Å². The van der Waals surface area contributed by atoms with Crippen molar-refractivity contribution in [2.75, 3.05) is 6.54 Å². The third kappa shape index (κ3) is 5.88. The molecular weight excluding hydrogens is 276 g/mol. The second-order valence-electron chi connectivity index (χ2n) is 6.18. The first kappa shape index (κ1) is 18.2. The average molecular weight is 304 g/mol. The molecule has 0 heterocycles. The molecule has 0 fully saturated rings. The fourth-order valence-corrected chi connectivity index (χ4v) is 2.11. The fourth-order valence-electron chi connectivity index (χ4n) is 2.11. The first-order valence-corrected chi connectivity index (χ1v) is 8.09. The monoisotopic (exact) mass is 304 g/mol. The summed E-state index contributed by atoms with van der Waals surface area (Å²) in [6, 6.07) is 8.50. The number of hydrogen-bond acceptors (Lipinski definition) is 2. The molecule has 1 aromatic carbocycles. The first-order valence-electron chi connectivity index (χ1n) is 8.09. The van der Waals surface area contributed by atoms with E-state index in [1.807, 2.05) is 32.0 Å². The third-order valence-electron chi connectivity index (χ3n) is 3.84. The van der Waals surface area contributed by atoms with E-state index in [4.69, 9.17) is 0 Å². The van der Waals surface area contributed by atoms with E-state index in [-0.39, 0.29) is 17.7 Å². The maximum absolute atomic E-state index is 12.4. The normalized spacial score (nSPS) is 13.5. The van der Waals surface area contributed by atoms with Crippen LogP contribution in [0.4, 0.5) is 0 Å². The number of hydrogen-bond donors (Lipinski definition) is 2. The van der Waals surface area contributed by atoms with Gasteiger partial charge >= 0.3 is 0 Å². The summed E-state index contributed by atoms with van der Waals surface area (Å²) in [5, 5.41) is 5.80. The van der Waals surface area contributed by atoms with Gasteiger partial charge in [0, 0.05) is 12.1 Å². The zero-order valence-electron chi connectivity index (χ0n) is 14.1. The molecular formula is C18H28N2O2. The van der Waals surface area contributed by atoms with E-state index >= 15 is 0 Å². The van der Waals surface area contributed by atoms with Crippen LogP contribution < -0.4 is 10.6 Å². The zero-order chi connectivity index (χ0) is 16.5. The summed E-state index contributed by atoms with van der Waals surface area (Å²) in [5.74, 6) is 0.331. The minimum Gasteiger partial charge on any atom is -0.354 e. The van der Waals surface area contributed by atoms with Gasteiger partial charge in [0.2, 0.25) is 5.91 Å². The van der Waals surface area contributed by atoms with Crippen molar-refractivity contribution < 1.29 is 9.59 Å². The summed E-state index contributed by atoms with van der Waals surface area (Å²) in [6.45, 7) is 8.89. The Morgan fingerprint density at radius 2 is 1.73 bits per heavy atom. The summed E-state index contributed by atoms with van der Waals surface area (Å²) in [5.41, 5.74) is 0.575. The molecule has 0 unspecified atom stereocenters. The SMILES string of the molecule is CC[C@H](C)[C@H](NC(=O)c1ccccc1)C(=O)NCCC(C)C. The van der Waals surface area contributed by atoms with Crippen LogP contribution in [0.15, 0.2) is 30.3 Å². The standard InChI is InChI=1S/C18H28N2O2/c1-5-14(4)16(18(22)19-12-11-13(2)3)20-17(21)15-9-7-6-8-10-15/h6-10,13-14,16H,5,11-12H2,1-4H3,(H,19,22)(H,20,21)/t14-,16-/m0/s1. The molecule has 2 atom stereocenters. The summed E-state index contributed by atoms with van der Waals surface area (Å²) in [4.78, 5) is 24.6. The number of rotatable bonds is 8. The maximum Gasteiger partial charge on any atom is 0.251 e. The summed E-state index contributed by atoms with van der Waals surface area (Å²) >= 11 is 0. The van der Waals surface area contributed by atoms with Crippen LogP contribution in [-0.2, 0) is 4.79 Å². The van der Waals surface area contributed by atoms with Crippen molar-refractivity contribution in [1.29, 1.82) is 0 Å². The number of nitrogens with one attached hydrogen (secondary N) is 2. The molecule has 0 saturated carbocycles. The molecule has 2 N–H and O–H groups in total. The Hall–Kier alpha value is -1.84. The lowest BCUT2D eigenvalue weighted by Crippen LogP contribution is -2.50. The second-order valence-corrected chi connectivity index (χ2v) is 6.18. The minimum atomic E-state index is -0.495. The molecule has 122 valence electrons. The molecule has 4 heteroatoms. The van der Waals surface area contributed by atoms with Gasteiger partial charge in [0.1, 0.15) is 6.04 Å². The van der Waals surface area contributed by atoms with Crippen LogP contribution in [0.5, 0.6) is 0 Å². The Bertz CT molecular complexity index is 471. The Morgan fingerprint density at radius 3 is 2.27 bits per heavy atom. The van der Waals surface area contributed by atoms with Crippen molar-refractivity contribution in [3.8, 4) is 0 Å².